The second-order valence-electron chi connectivity index (χ2n) is 4.22. The van der Waals surface area contributed by atoms with Crippen LogP contribution in [-0.4, -0.2) is 7.11 Å². The molecule has 1 N–H and O–H groups in total. The lowest BCUT2D eigenvalue weighted by atomic mass is 10.2. The van der Waals surface area contributed by atoms with Gasteiger partial charge in [-0.25, -0.2) is 0 Å². The van der Waals surface area contributed by atoms with Crippen molar-refractivity contribution in [2.24, 2.45) is 0 Å². The Bertz CT molecular complexity index is 560. The first-order valence-corrected chi connectivity index (χ1v) is 7.12. The minimum atomic E-state index is 0.618. The zero-order valence-corrected chi connectivity index (χ0v) is 13.0. The van der Waals surface area contributed by atoms with Crippen LogP contribution in [0.3, 0.4) is 0 Å². The van der Waals surface area contributed by atoms with Crippen molar-refractivity contribution >= 4 is 33.2 Å². The Kier molecular flexibility index (Phi) is 5.25. The summed E-state index contributed by atoms with van der Waals surface area (Å²) in [7, 11) is 1.70. The van der Waals surface area contributed by atoms with Gasteiger partial charge in [0.1, 0.15) is 0 Å². The summed E-state index contributed by atoms with van der Waals surface area (Å²) in [6.07, 6.45) is 0. The third-order valence-electron chi connectivity index (χ3n) is 2.73. The second-order valence-corrected chi connectivity index (χ2v) is 5.55. The molecule has 2 rings (SSSR count). The molecule has 0 fully saturated rings. The van der Waals surface area contributed by atoms with Crippen LogP contribution in [0.5, 0.6) is 0 Å². The topological polar surface area (TPSA) is 21.3 Å². The van der Waals surface area contributed by atoms with Crippen LogP contribution in [0, 0.1) is 0 Å². The molecular weight excluding hydrogens is 326 g/mol. The zero-order valence-electron chi connectivity index (χ0n) is 10.6. The minimum Gasteiger partial charge on any atom is -0.381 e. The standard InChI is InChI=1S/C15H15BrClNO/c1-19-10-11-3-2-4-14(7-11)18-9-12-8-13(16)5-6-15(12)17/h2-8,18H,9-10H2,1H3. The van der Waals surface area contributed by atoms with E-state index in [1.165, 1.54) is 0 Å². The van der Waals surface area contributed by atoms with Gasteiger partial charge in [0.25, 0.3) is 0 Å². The third kappa shape index (κ3) is 4.23. The maximum atomic E-state index is 6.16. The molecule has 0 amide bonds. The van der Waals surface area contributed by atoms with Crippen molar-refractivity contribution in [1.82, 2.24) is 0 Å². The average Bonchev–Trinajstić information content (AvgIpc) is 2.41. The minimum absolute atomic E-state index is 0.618. The largest absolute Gasteiger partial charge is 0.381 e. The summed E-state index contributed by atoms with van der Waals surface area (Å²) in [5.41, 5.74) is 3.27. The van der Waals surface area contributed by atoms with Gasteiger partial charge in [-0.2, -0.15) is 0 Å². The average molecular weight is 341 g/mol. The molecule has 4 heteroatoms. The Labute approximate surface area is 126 Å². The van der Waals surface area contributed by atoms with Gasteiger partial charge >= 0.3 is 0 Å². The number of nitrogens with one attached hydrogen (secondary N) is 1. The summed E-state index contributed by atoms with van der Waals surface area (Å²) < 4.78 is 6.15. The first-order valence-electron chi connectivity index (χ1n) is 5.94. The van der Waals surface area contributed by atoms with Crippen LogP contribution < -0.4 is 5.32 Å². The Morgan fingerprint density at radius 2 is 2.05 bits per heavy atom. The van der Waals surface area contributed by atoms with Gasteiger partial charge in [-0.15, -0.1) is 0 Å². The van der Waals surface area contributed by atoms with Crippen molar-refractivity contribution in [3.8, 4) is 0 Å². The van der Waals surface area contributed by atoms with Crippen molar-refractivity contribution in [3.05, 3.63) is 63.1 Å². The summed E-state index contributed by atoms with van der Waals surface area (Å²) >= 11 is 9.61. The summed E-state index contributed by atoms with van der Waals surface area (Å²) in [5, 5.41) is 4.13. The number of benzene rings is 2. The summed E-state index contributed by atoms with van der Waals surface area (Å²) in [6, 6.07) is 14.0. The molecule has 0 aromatic heterocycles. The molecule has 0 unspecified atom stereocenters. The van der Waals surface area contributed by atoms with Crippen LogP contribution in [0.15, 0.2) is 46.9 Å². The van der Waals surface area contributed by atoms with Crippen molar-refractivity contribution < 1.29 is 4.74 Å². The fourth-order valence-corrected chi connectivity index (χ4v) is 2.41. The maximum Gasteiger partial charge on any atom is 0.0713 e. The fourth-order valence-electron chi connectivity index (χ4n) is 1.81. The molecule has 0 radical (unpaired) electrons. The number of halogens is 2. The number of rotatable bonds is 5. The van der Waals surface area contributed by atoms with Gasteiger partial charge in [-0.1, -0.05) is 39.7 Å². The van der Waals surface area contributed by atoms with E-state index in [-0.39, 0.29) is 0 Å². The van der Waals surface area contributed by atoms with E-state index in [9.17, 15) is 0 Å². The molecule has 2 nitrogen and oxygen atoms in total. The number of ether oxygens (including phenoxy) is 1. The first-order chi connectivity index (χ1) is 9.19. The molecular formula is C15H15BrClNO. The molecule has 0 heterocycles. The van der Waals surface area contributed by atoms with Gasteiger partial charge in [-0.3, -0.25) is 0 Å². The number of anilines is 1. The number of hydrogen-bond acceptors (Lipinski definition) is 2. The molecule has 2 aromatic rings. The van der Waals surface area contributed by atoms with Crippen molar-refractivity contribution in [3.63, 3.8) is 0 Å². The molecule has 100 valence electrons. The van der Waals surface area contributed by atoms with Crippen LogP contribution in [-0.2, 0) is 17.9 Å². The van der Waals surface area contributed by atoms with Gasteiger partial charge in [0, 0.05) is 28.8 Å². The predicted molar refractivity (Wildman–Crippen MR) is 83.6 cm³/mol. The van der Waals surface area contributed by atoms with Crippen LogP contribution in [0.4, 0.5) is 5.69 Å². The predicted octanol–water partition coefficient (Wildman–Crippen LogP) is 4.86. The maximum absolute atomic E-state index is 6.16. The van der Waals surface area contributed by atoms with E-state index in [4.69, 9.17) is 16.3 Å². The van der Waals surface area contributed by atoms with E-state index >= 15 is 0 Å². The van der Waals surface area contributed by atoms with Crippen LogP contribution in [0.2, 0.25) is 5.02 Å². The number of methoxy groups -OCH3 is 1. The highest BCUT2D eigenvalue weighted by atomic mass is 79.9. The van der Waals surface area contributed by atoms with E-state index < -0.39 is 0 Å². The lowest BCUT2D eigenvalue weighted by Crippen LogP contribution is -2.01. The smallest absolute Gasteiger partial charge is 0.0713 e. The Balaban J connectivity index is 2.05. The van der Waals surface area contributed by atoms with Crippen molar-refractivity contribution in [2.45, 2.75) is 13.2 Å². The lowest BCUT2D eigenvalue weighted by molar-refractivity contribution is 0.185. The second kappa shape index (κ2) is 6.94. The summed E-state index contributed by atoms with van der Waals surface area (Å²) in [5.74, 6) is 0. The molecule has 0 aliphatic rings. The summed E-state index contributed by atoms with van der Waals surface area (Å²) in [4.78, 5) is 0. The fraction of sp³-hybridized carbons (Fsp3) is 0.200. The van der Waals surface area contributed by atoms with Crippen molar-refractivity contribution in [2.75, 3.05) is 12.4 Å². The normalized spacial score (nSPS) is 10.5. The molecule has 19 heavy (non-hydrogen) atoms. The Morgan fingerprint density at radius 3 is 2.84 bits per heavy atom. The molecule has 0 aliphatic heterocycles. The van der Waals surface area contributed by atoms with Gasteiger partial charge < -0.3 is 10.1 Å². The SMILES string of the molecule is COCc1cccc(NCc2cc(Br)ccc2Cl)c1. The molecule has 2 aromatic carbocycles. The van der Waals surface area contributed by atoms with E-state index in [0.717, 1.165) is 26.3 Å². The van der Waals surface area contributed by atoms with Gasteiger partial charge in [0.05, 0.1) is 6.61 Å². The Morgan fingerprint density at radius 1 is 1.21 bits per heavy atom. The van der Waals surface area contributed by atoms with Crippen LogP contribution >= 0.6 is 27.5 Å². The monoisotopic (exact) mass is 339 g/mol. The van der Waals surface area contributed by atoms with E-state index in [1.54, 1.807) is 7.11 Å². The van der Waals surface area contributed by atoms with Crippen LogP contribution in [0.25, 0.3) is 0 Å². The van der Waals surface area contributed by atoms with Gasteiger partial charge in [0.2, 0.25) is 0 Å². The highest BCUT2D eigenvalue weighted by Crippen LogP contribution is 2.22. The lowest BCUT2D eigenvalue weighted by Gasteiger charge is -2.10. The van der Waals surface area contributed by atoms with E-state index in [2.05, 4.69) is 27.3 Å². The van der Waals surface area contributed by atoms with Crippen LogP contribution in [0.1, 0.15) is 11.1 Å². The highest BCUT2D eigenvalue weighted by Gasteiger charge is 2.02. The third-order valence-corrected chi connectivity index (χ3v) is 3.59. The Hall–Kier alpha value is -1.03. The van der Waals surface area contributed by atoms with Crippen molar-refractivity contribution in [1.29, 1.82) is 0 Å². The number of hydrogen-bond donors (Lipinski definition) is 1. The first kappa shape index (κ1) is 14.4. The molecule has 0 saturated carbocycles. The quantitative estimate of drug-likeness (QED) is 0.839. The van der Waals surface area contributed by atoms with Gasteiger partial charge in [0.15, 0.2) is 0 Å². The molecule has 0 bridgehead atoms. The summed E-state index contributed by atoms with van der Waals surface area (Å²) in [6.45, 7) is 1.31. The van der Waals surface area contributed by atoms with E-state index in [1.807, 2.05) is 36.4 Å². The van der Waals surface area contributed by atoms with E-state index in [0.29, 0.717) is 13.2 Å². The zero-order chi connectivity index (χ0) is 13.7. The molecule has 0 aliphatic carbocycles. The van der Waals surface area contributed by atoms with Gasteiger partial charge in [-0.05, 0) is 41.5 Å². The highest BCUT2D eigenvalue weighted by molar-refractivity contribution is 9.10. The molecule has 0 saturated heterocycles. The molecule has 0 spiro atoms. The molecule has 0 atom stereocenters.